The number of rotatable bonds is 4. The Bertz CT molecular complexity index is 742. The van der Waals surface area contributed by atoms with Crippen LogP contribution in [-0.4, -0.2) is 19.7 Å². The van der Waals surface area contributed by atoms with Gasteiger partial charge < -0.3 is 5.32 Å². The third kappa shape index (κ3) is 3.51. The molecule has 5 nitrogen and oxygen atoms in total. The van der Waals surface area contributed by atoms with Crippen LogP contribution in [0.1, 0.15) is 5.56 Å². The second kappa shape index (κ2) is 6.11. The lowest BCUT2D eigenvalue weighted by Gasteiger charge is -2.04. The molecule has 0 fully saturated rings. The van der Waals surface area contributed by atoms with Gasteiger partial charge in [-0.3, -0.25) is 4.68 Å². The predicted molar refractivity (Wildman–Crippen MR) is 83.1 cm³/mol. The third-order valence-electron chi connectivity index (χ3n) is 2.80. The molecule has 3 aromatic rings. The highest BCUT2D eigenvalue weighted by Gasteiger charge is 2.06. The Hall–Kier alpha value is -2.11. The first kappa shape index (κ1) is 13.9. The zero-order valence-corrected chi connectivity index (χ0v) is 12.4. The quantitative estimate of drug-likeness (QED) is 0.744. The van der Waals surface area contributed by atoms with E-state index in [0.29, 0.717) is 17.4 Å². The number of benzene rings is 1. The van der Waals surface area contributed by atoms with Gasteiger partial charge >= 0.3 is 0 Å². The highest BCUT2D eigenvalue weighted by atomic mass is 35.5. The number of nitrogens with zero attached hydrogens (tertiary/aromatic N) is 4. The topological polar surface area (TPSA) is 55.6 Å². The normalized spacial score (nSPS) is 10.6. The van der Waals surface area contributed by atoms with Crippen molar-refractivity contribution in [2.45, 2.75) is 6.54 Å². The van der Waals surface area contributed by atoms with Crippen LogP contribution >= 0.6 is 23.2 Å². The zero-order chi connectivity index (χ0) is 14.7. The second-order valence-corrected chi connectivity index (χ2v) is 5.12. The SMILES string of the molecule is Clc1ncc(Cl)c(Nc2cnn(Cc3ccccc3)c2)n1. The minimum Gasteiger partial charge on any atom is -0.336 e. The van der Waals surface area contributed by atoms with Crippen molar-refractivity contribution in [1.29, 1.82) is 0 Å². The van der Waals surface area contributed by atoms with Gasteiger partial charge in [-0.05, 0) is 17.2 Å². The molecule has 2 aromatic heterocycles. The van der Waals surface area contributed by atoms with E-state index in [1.165, 1.54) is 11.8 Å². The summed E-state index contributed by atoms with van der Waals surface area (Å²) in [7, 11) is 0. The smallest absolute Gasteiger partial charge is 0.224 e. The minimum atomic E-state index is 0.138. The average Bonchev–Trinajstić information content (AvgIpc) is 2.91. The first-order chi connectivity index (χ1) is 10.2. The molecular weight excluding hydrogens is 309 g/mol. The predicted octanol–water partition coefficient (Wildman–Crippen LogP) is 3.77. The van der Waals surface area contributed by atoms with E-state index >= 15 is 0 Å². The summed E-state index contributed by atoms with van der Waals surface area (Å²) in [5.41, 5.74) is 1.96. The van der Waals surface area contributed by atoms with Gasteiger partial charge in [0, 0.05) is 6.20 Å². The van der Waals surface area contributed by atoms with E-state index in [1.54, 1.807) is 6.20 Å². The molecule has 1 aromatic carbocycles. The maximum atomic E-state index is 6.01. The second-order valence-electron chi connectivity index (χ2n) is 4.37. The van der Waals surface area contributed by atoms with Gasteiger partial charge in [-0.1, -0.05) is 41.9 Å². The van der Waals surface area contributed by atoms with Gasteiger partial charge in [-0.15, -0.1) is 0 Å². The molecule has 21 heavy (non-hydrogen) atoms. The molecule has 3 rings (SSSR count). The van der Waals surface area contributed by atoms with Crippen LogP contribution in [0.4, 0.5) is 11.5 Å². The van der Waals surface area contributed by atoms with Gasteiger partial charge in [0.15, 0.2) is 5.82 Å². The van der Waals surface area contributed by atoms with Gasteiger partial charge in [0.25, 0.3) is 0 Å². The zero-order valence-electron chi connectivity index (χ0n) is 10.9. The average molecular weight is 320 g/mol. The summed E-state index contributed by atoms with van der Waals surface area (Å²) < 4.78 is 1.83. The Balaban J connectivity index is 1.75. The summed E-state index contributed by atoms with van der Waals surface area (Å²) >= 11 is 11.8. The molecule has 7 heteroatoms. The number of halogens is 2. The van der Waals surface area contributed by atoms with Crippen molar-refractivity contribution in [2.75, 3.05) is 5.32 Å². The van der Waals surface area contributed by atoms with E-state index in [1.807, 2.05) is 29.1 Å². The first-order valence-electron chi connectivity index (χ1n) is 6.22. The molecule has 0 unspecified atom stereocenters. The summed E-state index contributed by atoms with van der Waals surface area (Å²) in [5, 5.41) is 7.90. The molecule has 0 radical (unpaired) electrons. The maximum absolute atomic E-state index is 6.01. The Morgan fingerprint density at radius 2 is 1.90 bits per heavy atom. The standard InChI is InChI=1S/C14H11Cl2N5/c15-12-7-17-14(16)20-13(12)19-11-6-18-21(9-11)8-10-4-2-1-3-5-10/h1-7,9H,8H2,(H,17,19,20). The molecule has 2 heterocycles. The first-order valence-corrected chi connectivity index (χ1v) is 6.98. The van der Waals surface area contributed by atoms with Crippen LogP contribution in [0.2, 0.25) is 10.3 Å². The Morgan fingerprint density at radius 3 is 2.71 bits per heavy atom. The lowest BCUT2D eigenvalue weighted by molar-refractivity contribution is 0.687. The molecule has 0 aliphatic rings. The lowest BCUT2D eigenvalue weighted by atomic mass is 10.2. The Kier molecular flexibility index (Phi) is 4.03. The molecule has 0 spiro atoms. The molecule has 1 N–H and O–H groups in total. The summed E-state index contributed by atoms with van der Waals surface area (Å²) in [5.74, 6) is 0.455. The van der Waals surface area contributed by atoms with E-state index in [9.17, 15) is 0 Å². The lowest BCUT2D eigenvalue weighted by Crippen LogP contribution is -1.99. The maximum Gasteiger partial charge on any atom is 0.224 e. The van der Waals surface area contributed by atoms with Gasteiger partial charge in [0.2, 0.25) is 5.28 Å². The van der Waals surface area contributed by atoms with Gasteiger partial charge in [-0.2, -0.15) is 10.1 Å². The summed E-state index contributed by atoms with van der Waals surface area (Å²) in [6.07, 6.45) is 5.03. The van der Waals surface area contributed by atoms with Crippen molar-refractivity contribution < 1.29 is 0 Å². The van der Waals surface area contributed by atoms with E-state index in [-0.39, 0.29) is 5.28 Å². The van der Waals surface area contributed by atoms with Crippen molar-refractivity contribution >= 4 is 34.7 Å². The van der Waals surface area contributed by atoms with Crippen LogP contribution in [0.15, 0.2) is 48.9 Å². The van der Waals surface area contributed by atoms with Crippen LogP contribution in [0, 0.1) is 0 Å². The van der Waals surface area contributed by atoms with Crippen LogP contribution in [0.25, 0.3) is 0 Å². The van der Waals surface area contributed by atoms with Gasteiger partial charge in [-0.25, -0.2) is 4.98 Å². The van der Waals surface area contributed by atoms with Crippen LogP contribution in [0.5, 0.6) is 0 Å². The molecule has 0 aliphatic carbocycles. The summed E-state index contributed by atoms with van der Waals surface area (Å²) in [6, 6.07) is 10.1. The summed E-state index contributed by atoms with van der Waals surface area (Å²) in [4.78, 5) is 7.84. The van der Waals surface area contributed by atoms with E-state index in [4.69, 9.17) is 23.2 Å². The van der Waals surface area contributed by atoms with Crippen LogP contribution < -0.4 is 5.32 Å². The molecule has 0 saturated heterocycles. The minimum absolute atomic E-state index is 0.138. The van der Waals surface area contributed by atoms with Gasteiger partial charge in [0.1, 0.15) is 5.02 Å². The van der Waals surface area contributed by atoms with Crippen LogP contribution in [0.3, 0.4) is 0 Å². The van der Waals surface area contributed by atoms with E-state index < -0.39 is 0 Å². The molecule has 0 saturated carbocycles. The molecular formula is C14H11Cl2N5. The van der Waals surface area contributed by atoms with Crippen molar-refractivity contribution in [3.05, 3.63) is 64.8 Å². The number of anilines is 2. The fraction of sp³-hybridized carbons (Fsp3) is 0.0714. The molecule has 0 bridgehead atoms. The molecule has 0 aliphatic heterocycles. The fourth-order valence-electron chi connectivity index (χ4n) is 1.86. The van der Waals surface area contributed by atoms with Crippen LogP contribution in [-0.2, 0) is 6.54 Å². The fourth-order valence-corrected chi connectivity index (χ4v) is 2.13. The number of hydrogen-bond donors (Lipinski definition) is 1. The van der Waals surface area contributed by atoms with Crippen molar-refractivity contribution in [1.82, 2.24) is 19.7 Å². The van der Waals surface area contributed by atoms with Crippen molar-refractivity contribution in [3.8, 4) is 0 Å². The number of aromatic nitrogens is 4. The Morgan fingerprint density at radius 1 is 1.10 bits per heavy atom. The van der Waals surface area contributed by atoms with Crippen molar-refractivity contribution in [3.63, 3.8) is 0 Å². The van der Waals surface area contributed by atoms with E-state index in [2.05, 4.69) is 32.5 Å². The highest BCUT2D eigenvalue weighted by Crippen LogP contribution is 2.23. The molecule has 0 atom stereocenters. The molecule has 106 valence electrons. The van der Waals surface area contributed by atoms with Crippen molar-refractivity contribution in [2.24, 2.45) is 0 Å². The van der Waals surface area contributed by atoms with Gasteiger partial charge in [0.05, 0.1) is 24.6 Å². The monoisotopic (exact) mass is 319 g/mol. The largest absolute Gasteiger partial charge is 0.336 e. The third-order valence-corrected chi connectivity index (χ3v) is 3.26. The van der Waals surface area contributed by atoms with E-state index in [0.717, 1.165) is 5.69 Å². The summed E-state index contributed by atoms with van der Waals surface area (Å²) in [6.45, 7) is 0.695. The highest BCUT2D eigenvalue weighted by molar-refractivity contribution is 6.33. The number of hydrogen-bond acceptors (Lipinski definition) is 4. The Labute approximate surface area is 131 Å². The molecule has 0 amide bonds. The number of nitrogens with one attached hydrogen (secondary N) is 1.